The number of ketones is 1. The molecule has 0 fully saturated rings. The van der Waals surface area contributed by atoms with Gasteiger partial charge in [-0.3, -0.25) is 30.6 Å². The van der Waals surface area contributed by atoms with Crippen LogP contribution in [0.5, 0.6) is 0 Å². The SMILES string of the molecule is CC(=O)c1ccc(Nc2ncnc(NNC(=O)Cc3ccccc3)c2[N+](=O)[O-])cc1. The molecule has 1 amide bonds. The summed E-state index contributed by atoms with van der Waals surface area (Å²) in [5.41, 5.74) is 6.27. The van der Waals surface area contributed by atoms with Crippen molar-refractivity contribution in [2.75, 3.05) is 10.7 Å². The van der Waals surface area contributed by atoms with E-state index in [4.69, 9.17) is 0 Å². The Morgan fingerprint density at radius 3 is 2.30 bits per heavy atom. The average molecular weight is 406 g/mol. The zero-order chi connectivity index (χ0) is 21.5. The molecule has 0 radical (unpaired) electrons. The van der Waals surface area contributed by atoms with Crippen molar-refractivity contribution in [1.82, 2.24) is 15.4 Å². The number of benzene rings is 2. The Morgan fingerprint density at radius 2 is 1.67 bits per heavy atom. The molecule has 3 N–H and O–H groups in total. The van der Waals surface area contributed by atoms with E-state index in [9.17, 15) is 19.7 Å². The van der Waals surface area contributed by atoms with Gasteiger partial charge in [0.25, 0.3) is 0 Å². The molecular weight excluding hydrogens is 388 g/mol. The topological polar surface area (TPSA) is 139 Å². The summed E-state index contributed by atoms with van der Waals surface area (Å²) in [4.78, 5) is 42.2. The van der Waals surface area contributed by atoms with Crippen molar-refractivity contribution in [2.24, 2.45) is 0 Å². The number of nitro groups is 1. The fourth-order valence-corrected chi connectivity index (χ4v) is 2.61. The van der Waals surface area contributed by atoms with Crippen LogP contribution in [-0.2, 0) is 11.2 Å². The molecule has 0 spiro atoms. The number of amides is 1. The van der Waals surface area contributed by atoms with Gasteiger partial charge < -0.3 is 5.32 Å². The molecule has 152 valence electrons. The largest absolute Gasteiger partial charge is 0.355 e. The van der Waals surface area contributed by atoms with Gasteiger partial charge in [-0.05, 0) is 36.8 Å². The van der Waals surface area contributed by atoms with Gasteiger partial charge in [0.2, 0.25) is 17.5 Å². The highest BCUT2D eigenvalue weighted by Gasteiger charge is 2.23. The number of hydrogen-bond donors (Lipinski definition) is 3. The molecule has 10 heteroatoms. The standard InChI is InChI=1S/C20H18N6O4/c1-13(27)15-7-9-16(10-8-15)23-19-18(26(29)30)20(22-12-21-19)25-24-17(28)11-14-5-3-2-4-6-14/h2-10,12H,11H2,1H3,(H,24,28)(H2,21,22,23,25). The van der Waals surface area contributed by atoms with E-state index in [0.717, 1.165) is 11.9 Å². The molecule has 3 aromatic rings. The van der Waals surface area contributed by atoms with Crippen molar-refractivity contribution < 1.29 is 14.5 Å². The number of Topliss-reactive ketones (excluding diaryl/α,β-unsaturated/α-hetero) is 1. The van der Waals surface area contributed by atoms with Crippen LogP contribution in [0.2, 0.25) is 0 Å². The van der Waals surface area contributed by atoms with E-state index in [1.165, 1.54) is 6.92 Å². The maximum absolute atomic E-state index is 12.1. The first-order chi connectivity index (χ1) is 14.4. The fourth-order valence-electron chi connectivity index (χ4n) is 2.61. The molecule has 2 aromatic carbocycles. The van der Waals surface area contributed by atoms with Crippen molar-refractivity contribution in [3.8, 4) is 0 Å². The molecule has 0 saturated carbocycles. The third-order valence-electron chi connectivity index (χ3n) is 4.09. The summed E-state index contributed by atoms with van der Waals surface area (Å²) in [7, 11) is 0. The molecule has 30 heavy (non-hydrogen) atoms. The minimum absolute atomic E-state index is 0.0645. The first-order valence-electron chi connectivity index (χ1n) is 8.90. The lowest BCUT2D eigenvalue weighted by molar-refractivity contribution is -0.383. The second-order valence-electron chi connectivity index (χ2n) is 6.27. The Hall–Kier alpha value is -4.34. The number of hydrazine groups is 1. The second-order valence-corrected chi connectivity index (χ2v) is 6.27. The minimum atomic E-state index is -0.655. The molecule has 3 rings (SSSR count). The van der Waals surface area contributed by atoms with Crippen molar-refractivity contribution in [1.29, 1.82) is 0 Å². The van der Waals surface area contributed by atoms with E-state index in [1.54, 1.807) is 36.4 Å². The number of anilines is 3. The van der Waals surface area contributed by atoms with E-state index in [0.29, 0.717) is 11.3 Å². The molecular formula is C20H18N6O4. The summed E-state index contributed by atoms with van der Waals surface area (Å²) < 4.78 is 0. The van der Waals surface area contributed by atoms with Gasteiger partial charge in [0.1, 0.15) is 6.33 Å². The summed E-state index contributed by atoms with van der Waals surface area (Å²) in [5.74, 6) is -0.708. The Labute approximate surface area is 171 Å². The number of hydrogen-bond acceptors (Lipinski definition) is 8. The highest BCUT2D eigenvalue weighted by atomic mass is 16.6. The highest BCUT2D eigenvalue weighted by molar-refractivity contribution is 5.94. The third kappa shape index (κ3) is 5.13. The van der Waals surface area contributed by atoms with Crippen LogP contribution in [0, 0.1) is 10.1 Å². The van der Waals surface area contributed by atoms with E-state index in [1.807, 2.05) is 18.2 Å². The Morgan fingerprint density at radius 1 is 1.00 bits per heavy atom. The van der Waals surface area contributed by atoms with Crippen LogP contribution in [0.15, 0.2) is 60.9 Å². The minimum Gasteiger partial charge on any atom is -0.334 e. The highest BCUT2D eigenvalue weighted by Crippen LogP contribution is 2.30. The Kier molecular flexibility index (Phi) is 6.28. The maximum atomic E-state index is 12.1. The lowest BCUT2D eigenvalue weighted by atomic mass is 10.1. The number of nitrogens with one attached hydrogen (secondary N) is 3. The smallest absolute Gasteiger partial charge is 0.334 e. The van der Waals surface area contributed by atoms with Gasteiger partial charge in [-0.1, -0.05) is 30.3 Å². The Balaban J connectivity index is 1.74. The molecule has 1 heterocycles. The quantitative estimate of drug-likeness (QED) is 0.295. The summed E-state index contributed by atoms with van der Waals surface area (Å²) in [5, 5.41) is 14.4. The predicted molar refractivity (Wildman–Crippen MR) is 110 cm³/mol. The predicted octanol–water partition coefficient (Wildman–Crippen LogP) is 3.02. The van der Waals surface area contributed by atoms with Crippen molar-refractivity contribution in [3.05, 3.63) is 82.2 Å². The summed E-state index contributed by atoms with van der Waals surface area (Å²) in [6.07, 6.45) is 1.23. The normalized spacial score (nSPS) is 10.2. The summed E-state index contributed by atoms with van der Waals surface area (Å²) in [6.45, 7) is 1.45. The van der Waals surface area contributed by atoms with E-state index >= 15 is 0 Å². The number of nitrogens with zero attached hydrogens (tertiary/aromatic N) is 3. The molecule has 0 bridgehead atoms. The van der Waals surface area contributed by atoms with Gasteiger partial charge in [0.15, 0.2) is 5.78 Å². The van der Waals surface area contributed by atoms with E-state index in [2.05, 4.69) is 26.1 Å². The zero-order valence-corrected chi connectivity index (χ0v) is 16.0. The number of aromatic nitrogens is 2. The lowest BCUT2D eigenvalue weighted by Crippen LogP contribution is -2.31. The lowest BCUT2D eigenvalue weighted by Gasteiger charge is -2.11. The van der Waals surface area contributed by atoms with Gasteiger partial charge in [0.05, 0.1) is 11.3 Å². The molecule has 0 atom stereocenters. The number of carbonyl (C=O) groups is 2. The van der Waals surface area contributed by atoms with Crippen LogP contribution in [0.1, 0.15) is 22.8 Å². The first kappa shape index (κ1) is 20.4. The van der Waals surface area contributed by atoms with Crippen LogP contribution in [0.3, 0.4) is 0 Å². The van der Waals surface area contributed by atoms with Crippen LogP contribution >= 0.6 is 0 Å². The number of rotatable bonds is 8. The monoisotopic (exact) mass is 406 g/mol. The van der Waals surface area contributed by atoms with E-state index in [-0.39, 0.29) is 29.7 Å². The maximum Gasteiger partial charge on any atom is 0.355 e. The fraction of sp³-hybridized carbons (Fsp3) is 0.100. The molecule has 0 aliphatic carbocycles. The molecule has 0 aliphatic rings. The third-order valence-corrected chi connectivity index (χ3v) is 4.09. The number of carbonyl (C=O) groups excluding carboxylic acids is 2. The molecule has 1 aromatic heterocycles. The van der Waals surface area contributed by atoms with Crippen LogP contribution < -0.4 is 16.2 Å². The molecule has 0 saturated heterocycles. The molecule has 0 aliphatic heterocycles. The summed E-state index contributed by atoms with van der Waals surface area (Å²) in [6, 6.07) is 15.5. The zero-order valence-electron chi connectivity index (χ0n) is 16.0. The van der Waals surface area contributed by atoms with Gasteiger partial charge in [-0.25, -0.2) is 9.97 Å². The van der Waals surface area contributed by atoms with Gasteiger partial charge in [0, 0.05) is 11.3 Å². The van der Waals surface area contributed by atoms with Crippen LogP contribution in [0.25, 0.3) is 0 Å². The van der Waals surface area contributed by atoms with E-state index < -0.39 is 10.6 Å². The van der Waals surface area contributed by atoms with Gasteiger partial charge >= 0.3 is 5.69 Å². The summed E-state index contributed by atoms with van der Waals surface area (Å²) >= 11 is 0. The first-order valence-corrected chi connectivity index (χ1v) is 8.90. The molecule has 0 unspecified atom stereocenters. The second kappa shape index (κ2) is 9.24. The van der Waals surface area contributed by atoms with Crippen molar-refractivity contribution >= 4 is 34.7 Å². The van der Waals surface area contributed by atoms with Crippen LogP contribution in [-0.4, -0.2) is 26.6 Å². The van der Waals surface area contributed by atoms with Gasteiger partial charge in [-0.15, -0.1) is 0 Å². The average Bonchev–Trinajstić information content (AvgIpc) is 2.73. The van der Waals surface area contributed by atoms with Crippen molar-refractivity contribution in [3.63, 3.8) is 0 Å². The Bertz CT molecular complexity index is 1070. The van der Waals surface area contributed by atoms with Crippen LogP contribution in [0.4, 0.5) is 23.0 Å². The van der Waals surface area contributed by atoms with Gasteiger partial charge in [-0.2, -0.15) is 0 Å². The molecule has 10 nitrogen and oxygen atoms in total. The van der Waals surface area contributed by atoms with Crippen molar-refractivity contribution in [2.45, 2.75) is 13.3 Å².